The number of carbonyl (C=O) groups is 1. The van der Waals surface area contributed by atoms with Crippen LogP contribution < -0.4 is 4.74 Å². The first kappa shape index (κ1) is 13.8. The second-order valence-electron chi connectivity index (χ2n) is 3.68. The van der Waals surface area contributed by atoms with E-state index in [2.05, 4.69) is 0 Å². The van der Waals surface area contributed by atoms with Crippen LogP contribution in [0.4, 0.5) is 0 Å². The number of halogens is 1. The first-order valence-electron chi connectivity index (χ1n) is 5.46. The first-order chi connectivity index (χ1) is 9.13. The summed E-state index contributed by atoms with van der Waals surface area (Å²) in [6.45, 7) is 0. The third kappa shape index (κ3) is 3.03. The molecule has 0 radical (unpaired) electrons. The normalized spacial score (nSPS) is 10.2. The van der Waals surface area contributed by atoms with Crippen molar-refractivity contribution in [1.82, 2.24) is 0 Å². The maximum Gasteiger partial charge on any atom is 0.338 e. The average molecular weight is 295 g/mol. The topological polar surface area (TPSA) is 46.5 Å². The quantitative estimate of drug-likeness (QED) is 0.918. The van der Waals surface area contributed by atoms with E-state index in [1.807, 2.05) is 30.3 Å². The highest BCUT2D eigenvalue weighted by atomic mass is 35.5. The van der Waals surface area contributed by atoms with Gasteiger partial charge in [-0.05, 0) is 24.3 Å². The Kier molecular flexibility index (Phi) is 4.35. The minimum absolute atomic E-state index is 0.0647. The molecule has 5 heteroatoms. The largest absolute Gasteiger partial charge is 0.495 e. The molecule has 0 amide bonds. The van der Waals surface area contributed by atoms with Crippen molar-refractivity contribution >= 4 is 29.3 Å². The molecule has 0 saturated heterocycles. The molecule has 2 aromatic carbocycles. The van der Waals surface area contributed by atoms with Crippen molar-refractivity contribution in [3.05, 3.63) is 53.1 Å². The monoisotopic (exact) mass is 294 g/mol. The van der Waals surface area contributed by atoms with E-state index in [0.717, 1.165) is 4.90 Å². The van der Waals surface area contributed by atoms with Gasteiger partial charge >= 0.3 is 5.97 Å². The van der Waals surface area contributed by atoms with E-state index in [1.165, 1.54) is 18.9 Å². The Balaban J connectivity index is 2.46. The van der Waals surface area contributed by atoms with E-state index in [1.54, 1.807) is 12.1 Å². The number of carboxylic acids is 1. The van der Waals surface area contributed by atoms with Crippen molar-refractivity contribution < 1.29 is 14.6 Å². The van der Waals surface area contributed by atoms with Gasteiger partial charge in [0.1, 0.15) is 5.75 Å². The minimum atomic E-state index is -1.07. The van der Waals surface area contributed by atoms with Crippen molar-refractivity contribution in [2.24, 2.45) is 0 Å². The van der Waals surface area contributed by atoms with Gasteiger partial charge in [0.15, 0.2) is 0 Å². The van der Waals surface area contributed by atoms with Gasteiger partial charge in [-0.25, -0.2) is 4.79 Å². The van der Waals surface area contributed by atoms with Gasteiger partial charge in [-0.1, -0.05) is 41.6 Å². The number of ether oxygens (including phenoxy) is 1. The number of methoxy groups -OCH3 is 1. The Hall–Kier alpha value is -1.65. The lowest BCUT2D eigenvalue weighted by Gasteiger charge is -2.10. The molecular formula is C14H11ClO3S. The van der Waals surface area contributed by atoms with Gasteiger partial charge < -0.3 is 9.84 Å². The molecule has 0 saturated carbocycles. The standard InChI is InChI=1S/C14H11ClO3S/c1-18-10-7-8-11(12(13(10)15)14(16)17)19-9-5-3-2-4-6-9/h2-8H,1H3,(H,16,17). The summed E-state index contributed by atoms with van der Waals surface area (Å²) in [5.74, 6) is -0.709. The number of benzene rings is 2. The van der Waals surface area contributed by atoms with Crippen LogP contribution in [-0.4, -0.2) is 18.2 Å². The zero-order valence-electron chi connectivity index (χ0n) is 10.1. The van der Waals surface area contributed by atoms with Crippen LogP contribution >= 0.6 is 23.4 Å². The van der Waals surface area contributed by atoms with Gasteiger partial charge in [0, 0.05) is 9.79 Å². The van der Waals surface area contributed by atoms with Crippen molar-refractivity contribution in [2.45, 2.75) is 9.79 Å². The fourth-order valence-corrected chi connectivity index (χ4v) is 2.95. The summed E-state index contributed by atoms with van der Waals surface area (Å²) in [4.78, 5) is 12.9. The predicted molar refractivity (Wildman–Crippen MR) is 75.5 cm³/mol. The van der Waals surface area contributed by atoms with Crippen LogP contribution in [0.1, 0.15) is 10.4 Å². The fraction of sp³-hybridized carbons (Fsp3) is 0.0714. The summed E-state index contributed by atoms with van der Waals surface area (Å²) in [5, 5.41) is 9.41. The zero-order chi connectivity index (χ0) is 13.8. The maximum absolute atomic E-state index is 11.3. The number of hydrogen-bond acceptors (Lipinski definition) is 3. The van der Waals surface area contributed by atoms with E-state index < -0.39 is 5.97 Å². The van der Waals surface area contributed by atoms with Crippen LogP contribution in [0.2, 0.25) is 5.02 Å². The third-order valence-electron chi connectivity index (χ3n) is 2.47. The van der Waals surface area contributed by atoms with Gasteiger partial charge in [-0.3, -0.25) is 0 Å². The lowest BCUT2D eigenvalue weighted by molar-refractivity contribution is 0.0693. The Labute approximate surface area is 120 Å². The van der Waals surface area contributed by atoms with Gasteiger partial charge in [-0.2, -0.15) is 0 Å². The third-order valence-corrected chi connectivity index (χ3v) is 3.92. The van der Waals surface area contributed by atoms with Crippen LogP contribution in [0, 0.1) is 0 Å². The smallest absolute Gasteiger partial charge is 0.338 e. The van der Waals surface area contributed by atoms with E-state index >= 15 is 0 Å². The lowest BCUT2D eigenvalue weighted by atomic mass is 10.2. The number of hydrogen-bond donors (Lipinski definition) is 1. The lowest BCUT2D eigenvalue weighted by Crippen LogP contribution is -2.01. The van der Waals surface area contributed by atoms with Gasteiger partial charge in [0.25, 0.3) is 0 Å². The highest BCUT2D eigenvalue weighted by Gasteiger charge is 2.19. The first-order valence-corrected chi connectivity index (χ1v) is 6.65. The number of rotatable bonds is 4. The molecule has 0 atom stereocenters. The summed E-state index contributed by atoms with van der Waals surface area (Å²) in [6.07, 6.45) is 0. The summed E-state index contributed by atoms with van der Waals surface area (Å²) in [6, 6.07) is 12.9. The Morgan fingerprint density at radius 3 is 2.47 bits per heavy atom. The summed E-state index contributed by atoms with van der Waals surface area (Å²) < 4.78 is 5.04. The molecule has 0 aliphatic heterocycles. The molecule has 0 unspecified atom stereocenters. The second-order valence-corrected chi connectivity index (χ2v) is 5.17. The molecule has 0 spiro atoms. The molecule has 2 rings (SSSR count). The molecule has 0 fully saturated rings. The summed E-state index contributed by atoms with van der Waals surface area (Å²) >= 11 is 7.41. The molecule has 98 valence electrons. The van der Waals surface area contributed by atoms with Crippen molar-refractivity contribution in [1.29, 1.82) is 0 Å². The summed E-state index contributed by atoms with van der Waals surface area (Å²) in [7, 11) is 1.46. The van der Waals surface area contributed by atoms with Crippen LogP contribution in [0.25, 0.3) is 0 Å². The number of aromatic carboxylic acids is 1. The van der Waals surface area contributed by atoms with Gasteiger partial charge in [0.05, 0.1) is 17.7 Å². The SMILES string of the molecule is COc1ccc(Sc2ccccc2)c(C(=O)O)c1Cl. The molecule has 0 aliphatic rings. The van der Waals surface area contributed by atoms with Crippen molar-refractivity contribution in [3.8, 4) is 5.75 Å². The molecule has 0 bridgehead atoms. The zero-order valence-corrected chi connectivity index (χ0v) is 11.7. The average Bonchev–Trinajstić information content (AvgIpc) is 2.40. The van der Waals surface area contributed by atoms with E-state index in [4.69, 9.17) is 16.3 Å². The Bertz CT molecular complexity index is 599. The minimum Gasteiger partial charge on any atom is -0.495 e. The van der Waals surface area contributed by atoms with Crippen LogP contribution in [0.15, 0.2) is 52.3 Å². The fourth-order valence-electron chi connectivity index (χ4n) is 1.60. The van der Waals surface area contributed by atoms with Crippen LogP contribution in [0.3, 0.4) is 0 Å². The molecule has 0 heterocycles. The molecule has 3 nitrogen and oxygen atoms in total. The molecule has 0 aliphatic carbocycles. The second kappa shape index (κ2) is 5.99. The van der Waals surface area contributed by atoms with Crippen LogP contribution in [-0.2, 0) is 0 Å². The molecule has 2 aromatic rings. The van der Waals surface area contributed by atoms with Crippen molar-refractivity contribution in [2.75, 3.05) is 7.11 Å². The van der Waals surface area contributed by atoms with Crippen LogP contribution in [0.5, 0.6) is 5.75 Å². The van der Waals surface area contributed by atoms with Gasteiger partial charge in [0.2, 0.25) is 0 Å². The van der Waals surface area contributed by atoms with Gasteiger partial charge in [-0.15, -0.1) is 0 Å². The van der Waals surface area contributed by atoms with Crippen molar-refractivity contribution in [3.63, 3.8) is 0 Å². The molecule has 0 aromatic heterocycles. The highest BCUT2D eigenvalue weighted by Crippen LogP contribution is 2.38. The Morgan fingerprint density at radius 1 is 1.21 bits per heavy atom. The molecular weight excluding hydrogens is 284 g/mol. The predicted octanol–water partition coefficient (Wildman–Crippen LogP) is 4.20. The maximum atomic E-state index is 11.3. The molecule has 1 N–H and O–H groups in total. The van der Waals surface area contributed by atoms with E-state index in [-0.39, 0.29) is 10.6 Å². The highest BCUT2D eigenvalue weighted by molar-refractivity contribution is 7.99. The van der Waals surface area contributed by atoms with E-state index in [9.17, 15) is 9.90 Å². The Morgan fingerprint density at radius 2 is 1.89 bits per heavy atom. The molecule has 19 heavy (non-hydrogen) atoms. The van der Waals surface area contributed by atoms with E-state index in [0.29, 0.717) is 10.6 Å². The number of carboxylic acid groups (broad SMARTS) is 1. The summed E-state index contributed by atoms with van der Waals surface area (Å²) in [5.41, 5.74) is 0.0647.